The molecule has 0 radical (unpaired) electrons. The normalized spacial score (nSPS) is 18.2. The number of halogens is 1. The van der Waals surface area contributed by atoms with E-state index in [-0.39, 0.29) is 30.5 Å². The molecule has 8 nitrogen and oxygen atoms in total. The highest BCUT2D eigenvalue weighted by Gasteiger charge is 2.36. The van der Waals surface area contributed by atoms with Gasteiger partial charge in [0.05, 0.1) is 11.2 Å². The van der Waals surface area contributed by atoms with E-state index in [1.54, 1.807) is 0 Å². The molecule has 4 N–H and O–H groups in total. The van der Waals surface area contributed by atoms with Gasteiger partial charge in [-0.3, -0.25) is 4.79 Å². The Balaban J connectivity index is 0.00000245. The quantitative estimate of drug-likeness (QED) is 0.475. The molecular formula is C23H26ClN3O5. The van der Waals surface area contributed by atoms with Crippen LogP contribution in [0.15, 0.2) is 23.0 Å². The van der Waals surface area contributed by atoms with E-state index < -0.39 is 22.8 Å². The molecule has 1 aliphatic carbocycles. The first-order valence-electron chi connectivity index (χ1n) is 10.4. The molecule has 1 saturated carbocycles. The van der Waals surface area contributed by atoms with Gasteiger partial charge in [0, 0.05) is 53.8 Å². The predicted molar refractivity (Wildman–Crippen MR) is 123 cm³/mol. The summed E-state index contributed by atoms with van der Waals surface area (Å²) in [7, 11) is 2.02. The molecule has 32 heavy (non-hydrogen) atoms. The van der Waals surface area contributed by atoms with E-state index >= 15 is 0 Å². The minimum atomic E-state index is -1.46. The molecular weight excluding hydrogens is 434 g/mol. The smallest absolute Gasteiger partial charge is 0.345 e. The number of rotatable bonds is 4. The molecule has 9 heteroatoms. The van der Waals surface area contributed by atoms with Crippen molar-refractivity contribution in [1.82, 2.24) is 14.9 Å². The lowest BCUT2D eigenvalue weighted by molar-refractivity contribution is 0.0691. The SMILES string of the molecule is CC1Cc2c([nH]c(=O)c(C(=O)O)c2O)-c2cc3cc(CNC4(C)CC4)n(C)c3cc2O1.Cl. The number of benzene rings is 1. The number of fused-ring (bicyclic) bond motifs is 4. The lowest BCUT2D eigenvalue weighted by Gasteiger charge is -2.14. The van der Waals surface area contributed by atoms with Crippen LogP contribution in [-0.2, 0) is 20.0 Å². The highest BCUT2D eigenvalue weighted by atomic mass is 35.5. The van der Waals surface area contributed by atoms with Crippen LogP contribution in [0.4, 0.5) is 0 Å². The van der Waals surface area contributed by atoms with E-state index in [4.69, 9.17) is 4.74 Å². The second-order valence-electron chi connectivity index (χ2n) is 8.99. The standard InChI is InChI=1S/C23H25N3O5.ClH/c1-11-6-15-19(25-21(28)18(20(15)27)22(29)30)14-8-12-7-13(10-24-23(2)4-5-23)26(3)16(12)9-17(14)31-11;/h7-9,11,24H,4-6,10H2,1-3H3,(H,29,30)(H2,25,27,28);1H. The number of carbonyl (C=O) groups is 1. The molecule has 2 aromatic heterocycles. The molecule has 1 aliphatic heterocycles. The number of aromatic amines is 1. The first-order valence-corrected chi connectivity index (χ1v) is 10.4. The first kappa shape index (κ1) is 22.2. The van der Waals surface area contributed by atoms with E-state index in [1.807, 2.05) is 26.1 Å². The zero-order chi connectivity index (χ0) is 22.1. The molecule has 3 aromatic rings. The Morgan fingerprint density at radius 1 is 1.34 bits per heavy atom. The van der Waals surface area contributed by atoms with E-state index in [0.717, 1.165) is 23.1 Å². The van der Waals surface area contributed by atoms with Crippen LogP contribution in [0.5, 0.6) is 11.5 Å². The lowest BCUT2D eigenvalue weighted by atomic mass is 9.98. The third kappa shape index (κ3) is 3.53. The molecule has 0 spiro atoms. The summed E-state index contributed by atoms with van der Waals surface area (Å²) >= 11 is 0. The number of ether oxygens (including phenoxy) is 1. The van der Waals surface area contributed by atoms with Gasteiger partial charge in [0.1, 0.15) is 17.6 Å². The maximum Gasteiger partial charge on any atom is 0.345 e. The number of nitrogens with one attached hydrogen (secondary N) is 2. The Hall–Kier alpha value is -2.97. The highest BCUT2D eigenvalue weighted by molar-refractivity contribution is 5.94. The van der Waals surface area contributed by atoms with E-state index in [0.29, 0.717) is 22.6 Å². The van der Waals surface area contributed by atoms with Crippen molar-refractivity contribution in [3.63, 3.8) is 0 Å². The minimum absolute atomic E-state index is 0. The van der Waals surface area contributed by atoms with Crippen LogP contribution in [0.1, 0.15) is 48.3 Å². The van der Waals surface area contributed by atoms with Crippen molar-refractivity contribution >= 4 is 29.3 Å². The van der Waals surface area contributed by atoms with Gasteiger partial charge in [-0.1, -0.05) is 0 Å². The summed E-state index contributed by atoms with van der Waals surface area (Å²) in [4.78, 5) is 26.6. The largest absolute Gasteiger partial charge is 0.506 e. The lowest BCUT2D eigenvalue weighted by Crippen LogP contribution is -2.27. The summed E-state index contributed by atoms with van der Waals surface area (Å²) in [5, 5.41) is 24.5. The summed E-state index contributed by atoms with van der Waals surface area (Å²) in [6, 6.07) is 5.98. The van der Waals surface area contributed by atoms with E-state index in [2.05, 4.69) is 27.9 Å². The molecule has 1 aromatic carbocycles. The fraction of sp³-hybridized carbons (Fsp3) is 0.391. The fourth-order valence-electron chi connectivity index (χ4n) is 4.35. The van der Waals surface area contributed by atoms with Crippen LogP contribution in [0.25, 0.3) is 22.2 Å². The first-order chi connectivity index (χ1) is 14.7. The van der Waals surface area contributed by atoms with Gasteiger partial charge in [-0.05, 0) is 38.8 Å². The molecule has 170 valence electrons. The third-order valence-electron chi connectivity index (χ3n) is 6.53. The predicted octanol–water partition coefficient (Wildman–Crippen LogP) is 3.32. The molecule has 0 saturated heterocycles. The maximum absolute atomic E-state index is 12.4. The molecule has 5 rings (SSSR count). The van der Waals surface area contributed by atoms with Crippen LogP contribution < -0.4 is 15.6 Å². The molecule has 2 aliphatic rings. The summed E-state index contributed by atoms with van der Waals surface area (Å²) in [5.74, 6) is -1.36. The number of hydrogen-bond donors (Lipinski definition) is 4. The van der Waals surface area contributed by atoms with Gasteiger partial charge in [-0.25, -0.2) is 4.79 Å². The summed E-state index contributed by atoms with van der Waals surface area (Å²) in [6.45, 7) is 4.82. The Bertz CT molecular complexity index is 1310. The average molecular weight is 460 g/mol. The van der Waals surface area contributed by atoms with E-state index in [9.17, 15) is 19.8 Å². The van der Waals surface area contributed by atoms with Gasteiger partial charge < -0.3 is 29.8 Å². The average Bonchev–Trinajstić information content (AvgIpc) is 3.38. The second kappa shape index (κ2) is 7.56. The molecule has 0 amide bonds. The maximum atomic E-state index is 12.4. The summed E-state index contributed by atoms with van der Waals surface area (Å²) in [6.07, 6.45) is 2.33. The van der Waals surface area contributed by atoms with Gasteiger partial charge in [0.25, 0.3) is 5.56 Å². The zero-order valence-corrected chi connectivity index (χ0v) is 18.9. The Labute approximate surface area is 190 Å². The minimum Gasteiger partial charge on any atom is -0.506 e. The zero-order valence-electron chi connectivity index (χ0n) is 18.1. The van der Waals surface area contributed by atoms with Crippen molar-refractivity contribution in [2.24, 2.45) is 7.05 Å². The van der Waals surface area contributed by atoms with Crippen LogP contribution in [-0.4, -0.2) is 37.4 Å². The molecule has 1 fully saturated rings. The van der Waals surface area contributed by atoms with Crippen LogP contribution in [0.3, 0.4) is 0 Å². The number of aromatic hydroxyl groups is 1. The van der Waals surface area contributed by atoms with E-state index in [1.165, 1.54) is 12.8 Å². The highest BCUT2D eigenvalue weighted by Crippen LogP contribution is 2.42. The van der Waals surface area contributed by atoms with Gasteiger partial charge in [-0.2, -0.15) is 0 Å². The van der Waals surface area contributed by atoms with Crippen molar-refractivity contribution in [2.75, 3.05) is 0 Å². The number of aromatic nitrogens is 2. The van der Waals surface area contributed by atoms with Crippen molar-refractivity contribution in [3.8, 4) is 22.8 Å². The van der Waals surface area contributed by atoms with Crippen molar-refractivity contribution in [3.05, 3.63) is 45.4 Å². The van der Waals surface area contributed by atoms with Gasteiger partial charge in [-0.15, -0.1) is 12.4 Å². The van der Waals surface area contributed by atoms with Gasteiger partial charge >= 0.3 is 5.97 Å². The number of carboxylic acid groups (broad SMARTS) is 1. The van der Waals surface area contributed by atoms with Crippen molar-refractivity contribution < 1.29 is 19.7 Å². The van der Waals surface area contributed by atoms with Gasteiger partial charge in [0.2, 0.25) is 0 Å². The molecule has 1 unspecified atom stereocenters. The monoisotopic (exact) mass is 459 g/mol. The molecule has 0 bridgehead atoms. The third-order valence-corrected chi connectivity index (χ3v) is 6.53. The topological polar surface area (TPSA) is 117 Å². The van der Waals surface area contributed by atoms with Crippen LogP contribution in [0.2, 0.25) is 0 Å². The number of aryl methyl sites for hydroxylation is 1. The second-order valence-corrected chi connectivity index (χ2v) is 8.99. The molecule has 1 atom stereocenters. The number of pyridine rings is 1. The van der Waals surface area contributed by atoms with Crippen molar-refractivity contribution in [2.45, 2.75) is 51.3 Å². The van der Waals surface area contributed by atoms with Crippen LogP contribution >= 0.6 is 12.4 Å². The fourth-order valence-corrected chi connectivity index (χ4v) is 4.35. The number of carboxylic acids is 1. The Morgan fingerprint density at radius 3 is 2.72 bits per heavy atom. The Kier molecular flexibility index (Phi) is 5.26. The Morgan fingerprint density at radius 2 is 2.06 bits per heavy atom. The molecule has 3 heterocycles. The summed E-state index contributed by atoms with van der Waals surface area (Å²) in [5.41, 5.74) is 2.30. The summed E-state index contributed by atoms with van der Waals surface area (Å²) < 4.78 is 8.25. The van der Waals surface area contributed by atoms with Crippen molar-refractivity contribution in [1.29, 1.82) is 0 Å². The van der Waals surface area contributed by atoms with Crippen LogP contribution in [0, 0.1) is 0 Å². The number of hydrogen-bond acceptors (Lipinski definition) is 5. The number of nitrogens with zero attached hydrogens (tertiary/aromatic N) is 1. The number of aromatic carboxylic acids is 1. The van der Waals surface area contributed by atoms with Gasteiger partial charge in [0.15, 0.2) is 5.56 Å². The number of H-pyrrole nitrogens is 1.